The number of hydrogen-bond acceptors (Lipinski definition) is 4. The molecule has 1 amide bonds. The van der Waals surface area contributed by atoms with E-state index in [0.717, 1.165) is 4.90 Å². The second-order valence-electron chi connectivity index (χ2n) is 3.86. The highest BCUT2D eigenvalue weighted by molar-refractivity contribution is 8.01. The van der Waals surface area contributed by atoms with Crippen LogP contribution in [-0.4, -0.2) is 47.9 Å². The minimum Gasteiger partial charge on any atom is -0.465 e. The van der Waals surface area contributed by atoms with Gasteiger partial charge >= 0.3 is 6.09 Å². The third-order valence-electron chi connectivity index (χ3n) is 2.76. The van der Waals surface area contributed by atoms with Crippen molar-refractivity contribution >= 4 is 27.7 Å². The van der Waals surface area contributed by atoms with E-state index in [1.807, 2.05) is 0 Å². The Morgan fingerprint density at radius 2 is 2.00 bits per heavy atom. The summed E-state index contributed by atoms with van der Waals surface area (Å²) in [5, 5.41) is 8.08. The quantitative estimate of drug-likeness (QED) is 0.892. The van der Waals surface area contributed by atoms with Crippen LogP contribution in [-0.2, 0) is 9.84 Å². The average molecular weight is 287 g/mol. The molecule has 1 aliphatic rings. The molecule has 1 fully saturated rings. The first kappa shape index (κ1) is 13.2. The number of sulfone groups is 1. The van der Waals surface area contributed by atoms with Gasteiger partial charge in [-0.3, -0.25) is 4.90 Å². The number of amides is 1. The Morgan fingerprint density at radius 3 is 2.61 bits per heavy atom. The summed E-state index contributed by atoms with van der Waals surface area (Å²) in [6.45, 7) is 0.247. The average Bonchev–Trinajstić information content (AvgIpc) is 2.39. The number of benzene rings is 1. The number of nitrogens with zero attached hydrogens (tertiary/aromatic N) is 1. The van der Waals surface area contributed by atoms with Crippen molar-refractivity contribution in [1.29, 1.82) is 0 Å². The van der Waals surface area contributed by atoms with Gasteiger partial charge in [-0.25, -0.2) is 13.2 Å². The van der Waals surface area contributed by atoms with Gasteiger partial charge < -0.3 is 5.11 Å². The maximum Gasteiger partial charge on any atom is 0.408 e. The van der Waals surface area contributed by atoms with Crippen LogP contribution >= 0.6 is 11.8 Å². The summed E-state index contributed by atoms with van der Waals surface area (Å²) < 4.78 is 24.8. The molecule has 0 radical (unpaired) electrons. The highest BCUT2D eigenvalue weighted by Crippen LogP contribution is 2.25. The molecule has 1 atom stereocenters. The Balaban J connectivity index is 2.36. The van der Waals surface area contributed by atoms with Crippen molar-refractivity contribution in [2.75, 3.05) is 18.1 Å². The highest BCUT2D eigenvalue weighted by atomic mass is 32.2. The molecule has 1 aromatic rings. The van der Waals surface area contributed by atoms with Crippen LogP contribution in [0.5, 0.6) is 0 Å². The van der Waals surface area contributed by atoms with Crippen LogP contribution in [0.25, 0.3) is 0 Å². The number of carboxylic acid groups (broad SMARTS) is 1. The zero-order valence-corrected chi connectivity index (χ0v) is 11.2. The van der Waals surface area contributed by atoms with Crippen LogP contribution < -0.4 is 0 Å². The zero-order chi connectivity index (χ0) is 13.2. The van der Waals surface area contributed by atoms with Crippen molar-refractivity contribution in [2.45, 2.75) is 10.3 Å². The molecule has 1 aromatic carbocycles. The van der Waals surface area contributed by atoms with E-state index in [1.165, 1.54) is 23.9 Å². The van der Waals surface area contributed by atoms with Gasteiger partial charge in [0.1, 0.15) is 0 Å². The van der Waals surface area contributed by atoms with E-state index in [4.69, 9.17) is 5.11 Å². The van der Waals surface area contributed by atoms with Gasteiger partial charge in [0, 0.05) is 18.1 Å². The number of carbonyl (C=O) groups is 1. The van der Waals surface area contributed by atoms with Crippen LogP contribution in [0.3, 0.4) is 0 Å². The molecule has 1 aliphatic heterocycles. The fourth-order valence-corrected chi connectivity index (χ4v) is 5.08. The van der Waals surface area contributed by atoms with Crippen LogP contribution in [0.1, 0.15) is 0 Å². The number of thioether (sulfide) groups is 1. The smallest absolute Gasteiger partial charge is 0.408 e. The van der Waals surface area contributed by atoms with Gasteiger partial charge in [0.2, 0.25) is 0 Å². The molecule has 1 N–H and O–H groups in total. The van der Waals surface area contributed by atoms with Gasteiger partial charge in [-0.15, -0.1) is 0 Å². The summed E-state index contributed by atoms with van der Waals surface area (Å²) in [5.41, 5.74) is 0. The lowest BCUT2D eigenvalue weighted by atomic mass is 10.4. The van der Waals surface area contributed by atoms with Crippen molar-refractivity contribution in [3.63, 3.8) is 0 Å². The van der Waals surface area contributed by atoms with Crippen molar-refractivity contribution < 1.29 is 18.3 Å². The fourth-order valence-electron chi connectivity index (χ4n) is 1.82. The predicted octanol–water partition coefficient (Wildman–Crippen LogP) is 1.51. The third-order valence-corrected chi connectivity index (χ3v) is 6.06. The molecule has 0 aliphatic carbocycles. The summed E-state index contributed by atoms with van der Waals surface area (Å²) >= 11 is 1.46. The summed E-state index contributed by atoms with van der Waals surface area (Å²) in [7, 11) is -3.63. The molecule has 0 aromatic heterocycles. The van der Waals surface area contributed by atoms with E-state index in [-0.39, 0.29) is 17.2 Å². The Bertz CT molecular complexity index is 529. The minimum absolute atomic E-state index is 0.170. The SMILES string of the molecule is O=C(O)N1CCSCC1S(=O)(=O)c1ccccc1. The standard InChI is InChI=1S/C11H13NO4S2/c13-11(14)12-6-7-17-8-10(12)18(15,16)9-4-2-1-3-5-9/h1-5,10H,6-8H2,(H,13,14). The normalized spacial score (nSPS) is 20.7. The van der Waals surface area contributed by atoms with Gasteiger partial charge in [-0.2, -0.15) is 11.8 Å². The molecule has 18 heavy (non-hydrogen) atoms. The maximum atomic E-state index is 12.4. The summed E-state index contributed by atoms with van der Waals surface area (Å²) in [6.07, 6.45) is -1.18. The summed E-state index contributed by atoms with van der Waals surface area (Å²) in [5.74, 6) is 0.913. The predicted molar refractivity (Wildman–Crippen MR) is 69.5 cm³/mol. The topological polar surface area (TPSA) is 74.7 Å². The Hall–Kier alpha value is -1.21. The zero-order valence-electron chi connectivity index (χ0n) is 9.52. The highest BCUT2D eigenvalue weighted by Gasteiger charge is 2.37. The van der Waals surface area contributed by atoms with Crippen molar-refractivity contribution in [3.8, 4) is 0 Å². The van der Waals surface area contributed by atoms with Gasteiger partial charge in [-0.1, -0.05) is 18.2 Å². The first-order valence-electron chi connectivity index (χ1n) is 5.40. The van der Waals surface area contributed by atoms with Crippen LogP contribution in [0, 0.1) is 0 Å². The molecule has 0 spiro atoms. The van der Waals surface area contributed by atoms with Gasteiger partial charge in [0.15, 0.2) is 15.2 Å². The Labute approximate surface area is 110 Å². The van der Waals surface area contributed by atoms with Gasteiger partial charge in [-0.05, 0) is 12.1 Å². The lowest BCUT2D eigenvalue weighted by molar-refractivity contribution is 0.144. The third kappa shape index (κ3) is 2.46. The largest absolute Gasteiger partial charge is 0.465 e. The number of hydrogen-bond donors (Lipinski definition) is 1. The molecule has 1 saturated heterocycles. The fraction of sp³-hybridized carbons (Fsp3) is 0.364. The van der Waals surface area contributed by atoms with Crippen molar-refractivity contribution in [2.24, 2.45) is 0 Å². The second-order valence-corrected chi connectivity index (χ2v) is 7.12. The van der Waals surface area contributed by atoms with E-state index >= 15 is 0 Å². The van der Waals surface area contributed by atoms with E-state index in [2.05, 4.69) is 0 Å². The van der Waals surface area contributed by atoms with E-state index < -0.39 is 21.3 Å². The lowest BCUT2D eigenvalue weighted by Crippen LogP contribution is -2.49. The molecular formula is C11H13NO4S2. The van der Waals surface area contributed by atoms with Gasteiger partial charge in [0.05, 0.1) is 4.90 Å². The van der Waals surface area contributed by atoms with E-state index in [9.17, 15) is 13.2 Å². The van der Waals surface area contributed by atoms with E-state index in [0.29, 0.717) is 5.75 Å². The van der Waals surface area contributed by atoms with Gasteiger partial charge in [0.25, 0.3) is 0 Å². The molecular weight excluding hydrogens is 274 g/mol. The number of rotatable bonds is 2. The molecule has 98 valence electrons. The Kier molecular flexibility index (Phi) is 3.82. The molecule has 7 heteroatoms. The first-order valence-corrected chi connectivity index (χ1v) is 8.10. The monoisotopic (exact) mass is 287 g/mol. The Morgan fingerprint density at radius 1 is 1.33 bits per heavy atom. The second kappa shape index (κ2) is 5.19. The van der Waals surface area contributed by atoms with Crippen LogP contribution in [0.4, 0.5) is 4.79 Å². The lowest BCUT2D eigenvalue weighted by Gasteiger charge is -2.32. The van der Waals surface area contributed by atoms with Crippen molar-refractivity contribution in [1.82, 2.24) is 4.90 Å². The van der Waals surface area contributed by atoms with Crippen LogP contribution in [0.15, 0.2) is 35.2 Å². The molecule has 0 saturated carbocycles. The summed E-state index contributed by atoms with van der Waals surface area (Å²) in [6, 6.07) is 7.98. The molecule has 0 bridgehead atoms. The summed E-state index contributed by atoms with van der Waals surface area (Å²) in [4.78, 5) is 12.3. The van der Waals surface area contributed by atoms with Crippen molar-refractivity contribution in [3.05, 3.63) is 30.3 Å². The molecule has 2 rings (SSSR count). The van der Waals surface area contributed by atoms with E-state index in [1.54, 1.807) is 18.2 Å². The maximum absolute atomic E-state index is 12.4. The van der Waals surface area contributed by atoms with Crippen LogP contribution in [0.2, 0.25) is 0 Å². The first-order chi connectivity index (χ1) is 8.53. The molecule has 1 unspecified atom stereocenters. The minimum atomic E-state index is -3.63. The molecule has 1 heterocycles. The molecule has 5 nitrogen and oxygen atoms in total.